The van der Waals surface area contributed by atoms with E-state index < -0.39 is 16.1 Å². The fourth-order valence-electron chi connectivity index (χ4n) is 2.54. The van der Waals surface area contributed by atoms with Crippen LogP contribution in [0.4, 0.5) is 0 Å². The molecule has 0 heterocycles. The van der Waals surface area contributed by atoms with E-state index in [1.54, 1.807) is 19.1 Å². The standard InChI is InChI=1S/C20H26N2O3S/c1-16-11-13-19(14-12-16)26(24,25)22-17(2)20(23)21-15-7-6-10-18-8-4-3-5-9-18/h3-5,8-9,11-14,17,22H,6-7,10,15H2,1-2H3,(H,21,23)/t17-/m0/s1. The van der Waals surface area contributed by atoms with Crippen molar-refractivity contribution in [2.45, 2.75) is 44.0 Å². The molecule has 0 bridgehead atoms. The van der Waals surface area contributed by atoms with Gasteiger partial charge in [0.05, 0.1) is 10.9 Å². The number of carbonyl (C=O) groups is 1. The quantitative estimate of drug-likeness (QED) is 0.663. The van der Waals surface area contributed by atoms with Gasteiger partial charge in [-0.15, -0.1) is 0 Å². The molecule has 0 aliphatic rings. The Hall–Kier alpha value is -2.18. The number of amides is 1. The van der Waals surface area contributed by atoms with Gasteiger partial charge in [-0.3, -0.25) is 4.79 Å². The van der Waals surface area contributed by atoms with Crippen LogP contribution in [-0.2, 0) is 21.2 Å². The second kappa shape index (κ2) is 9.50. The molecule has 2 aromatic rings. The number of rotatable bonds is 9. The number of aryl methyl sites for hydroxylation is 2. The zero-order chi connectivity index (χ0) is 19.0. The van der Waals surface area contributed by atoms with Gasteiger partial charge in [-0.1, -0.05) is 48.0 Å². The average Bonchev–Trinajstić information content (AvgIpc) is 2.62. The first-order chi connectivity index (χ1) is 12.4. The number of benzene rings is 2. The Morgan fingerprint density at radius 2 is 1.65 bits per heavy atom. The van der Waals surface area contributed by atoms with Crippen LogP contribution >= 0.6 is 0 Å². The van der Waals surface area contributed by atoms with Crippen molar-refractivity contribution in [3.63, 3.8) is 0 Å². The van der Waals surface area contributed by atoms with Gasteiger partial charge in [0.25, 0.3) is 0 Å². The summed E-state index contributed by atoms with van der Waals surface area (Å²) in [5.41, 5.74) is 2.25. The van der Waals surface area contributed by atoms with Crippen molar-refractivity contribution in [2.75, 3.05) is 6.54 Å². The van der Waals surface area contributed by atoms with Crippen molar-refractivity contribution < 1.29 is 13.2 Å². The number of nitrogens with one attached hydrogen (secondary N) is 2. The maximum atomic E-state index is 12.3. The van der Waals surface area contributed by atoms with Crippen LogP contribution in [-0.4, -0.2) is 26.9 Å². The lowest BCUT2D eigenvalue weighted by molar-refractivity contribution is -0.122. The molecule has 1 amide bonds. The van der Waals surface area contributed by atoms with Crippen LogP contribution in [0.5, 0.6) is 0 Å². The first kappa shape index (κ1) is 20.1. The van der Waals surface area contributed by atoms with Crippen LogP contribution < -0.4 is 10.0 Å². The summed E-state index contributed by atoms with van der Waals surface area (Å²) >= 11 is 0. The van der Waals surface area contributed by atoms with Crippen LogP contribution in [0.2, 0.25) is 0 Å². The van der Waals surface area contributed by atoms with Crippen molar-refractivity contribution >= 4 is 15.9 Å². The lowest BCUT2D eigenvalue weighted by Gasteiger charge is -2.14. The highest BCUT2D eigenvalue weighted by Crippen LogP contribution is 2.10. The fourth-order valence-corrected chi connectivity index (χ4v) is 3.74. The SMILES string of the molecule is Cc1ccc(S(=O)(=O)N[C@@H](C)C(=O)NCCCCc2ccccc2)cc1. The summed E-state index contributed by atoms with van der Waals surface area (Å²) in [5.74, 6) is -0.319. The third-order valence-corrected chi connectivity index (χ3v) is 5.65. The predicted molar refractivity (Wildman–Crippen MR) is 103 cm³/mol. The Bertz CT molecular complexity index is 803. The van der Waals surface area contributed by atoms with Crippen molar-refractivity contribution in [1.82, 2.24) is 10.0 Å². The van der Waals surface area contributed by atoms with Crippen molar-refractivity contribution in [1.29, 1.82) is 0 Å². The zero-order valence-corrected chi connectivity index (χ0v) is 16.1. The Labute approximate surface area is 155 Å². The van der Waals surface area contributed by atoms with Crippen molar-refractivity contribution in [3.8, 4) is 0 Å². The smallest absolute Gasteiger partial charge is 0.241 e. The molecule has 140 valence electrons. The molecule has 0 aliphatic heterocycles. The largest absolute Gasteiger partial charge is 0.355 e. The van der Waals surface area contributed by atoms with E-state index in [4.69, 9.17) is 0 Å². The molecule has 0 unspecified atom stereocenters. The van der Waals surface area contributed by atoms with Crippen LogP contribution in [0.15, 0.2) is 59.5 Å². The van der Waals surface area contributed by atoms with E-state index in [9.17, 15) is 13.2 Å². The third-order valence-electron chi connectivity index (χ3n) is 4.09. The maximum Gasteiger partial charge on any atom is 0.241 e. The fraction of sp³-hybridized carbons (Fsp3) is 0.350. The van der Waals surface area contributed by atoms with Crippen LogP contribution in [0.25, 0.3) is 0 Å². The summed E-state index contributed by atoms with van der Waals surface area (Å²) in [5, 5.41) is 2.79. The molecule has 0 aromatic heterocycles. The molecule has 0 saturated carbocycles. The van der Waals surface area contributed by atoms with Gasteiger partial charge in [0.2, 0.25) is 15.9 Å². The highest BCUT2D eigenvalue weighted by molar-refractivity contribution is 7.89. The molecule has 0 radical (unpaired) electrons. The van der Waals surface area contributed by atoms with Crippen LogP contribution in [0.3, 0.4) is 0 Å². The molecule has 5 nitrogen and oxygen atoms in total. The maximum absolute atomic E-state index is 12.3. The summed E-state index contributed by atoms with van der Waals surface area (Å²) in [4.78, 5) is 12.3. The number of unbranched alkanes of at least 4 members (excludes halogenated alkanes) is 1. The molecule has 0 aliphatic carbocycles. The second-order valence-corrected chi connectivity index (χ2v) is 8.10. The highest BCUT2D eigenvalue weighted by Gasteiger charge is 2.21. The normalized spacial score (nSPS) is 12.5. The first-order valence-corrected chi connectivity index (χ1v) is 10.3. The number of hydrogen-bond donors (Lipinski definition) is 2. The summed E-state index contributed by atoms with van der Waals surface area (Å²) in [6.45, 7) is 3.96. The summed E-state index contributed by atoms with van der Waals surface area (Å²) < 4.78 is 27.0. The lowest BCUT2D eigenvalue weighted by Crippen LogP contribution is -2.44. The van der Waals surface area contributed by atoms with E-state index in [1.165, 1.54) is 17.7 Å². The second-order valence-electron chi connectivity index (χ2n) is 6.39. The van der Waals surface area contributed by atoms with Gasteiger partial charge in [0.15, 0.2) is 0 Å². The molecule has 1 atom stereocenters. The average molecular weight is 375 g/mol. The van der Waals surface area contributed by atoms with Gasteiger partial charge in [0, 0.05) is 6.54 Å². The molecule has 6 heteroatoms. The van der Waals surface area contributed by atoms with Crippen LogP contribution in [0.1, 0.15) is 30.9 Å². The van der Waals surface area contributed by atoms with Gasteiger partial charge in [-0.05, 0) is 50.8 Å². The minimum atomic E-state index is -3.70. The Balaban J connectivity index is 1.74. The number of carbonyl (C=O) groups excluding carboxylic acids is 1. The monoisotopic (exact) mass is 374 g/mol. The van der Waals surface area contributed by atoms with Crippen molar-refractivity contribution in [3.05, 3.63) is 65.7 Å². The van der Waals surface area contributed by atoms with Gasteiger partial charge in [0.1, 0.15) is 0 Å². The van der Waals surface area contributed by atoms with Gasteiger partial charge >= 0.3 is 0 Å². The Morgan fingerprint density at radius 3 is 2.31 bits per heavy atom. The van der Waals surface area contributed by atoms with E-state index >= 15 is 0 Å². The number of hydrogen-bond acceptors (Lipinski definition) is 3. The third kappa shape index (κ3) is 6.28. The van der Waals surface area contributed by atoms with E-state index in [2.05, 4.69) is 22.2 Å². The summed E-state index contributed by atoms with van der Waals surface area (Å²) in [6.07, 6.45) is 2.78. The number of sulfonamides is 1. The molecule has 2 aromatic carbocycles. The van der Waals surface area contributed by atoms with Crippen LogP contribution in [0, 0.1) is 6.92 Å². The minimum Gasteiger partial charge on any atom is -0.355 e. The minimum absolute atomic E-state index is 0.158. The summed E-state index contributed by atoms with van der Waals surface area (Å²) in [7, 11) is -3.70. The lowest BCUT2D eigenvalue weighted by atomic mass is 10.1. The molecule has 0 spiro atoms. The Kier molecular flexibility index (Phi) is 7.36. The Morgan fingerprint density at radius 1 is 1.00 bits per heavy atom. The summed E-state index contributed by atoms with van der Waals surface area (Å²) in [6, 6.07) is 15.9. The topological polar surface area (TPSA) is 75.3 Å². The molecule has 0 saturated heterocycles. The van der Waals surface area contributed by atoms with E-state index in [-0.39, 0.29) is 10.8 Å². The van der Waals surface area contributed by atoms with E-state index in [0.717, 1.165) is 24.8 Å². The molecular weight excluding hydrogens is 348 g/mol. The molecule has 2 rings (SSSR count). The van der Waals surface area contributed by atoms with Gasteiger partial charge in [-0.2, -0.15) is 4.72 Å². The van der Waals surface area contributed by atoms with Gasteiger partial charge < -0.3 is 5.32 Å². The molecule has 26 heavy (non-hydrogen) atoms. The zero-order valence-electron chi connectivity index (χ0n) is 15.2. The molecular formula is C20H26N2O3S. The van der Waals surface area contributed by atoms with Crippen molar-refractivity contribution in [2.24, 2.45) is 0 Å². The van der Waals surface area contributed by atoms with Gasteiger partial charge in [-0.25, -0.2) is 8.42 Å². The highest BCUT2D eigenvalue weighted by atomic mass is 32.2. The molecule has 0 fully saturated rings. The predicted octanol–water partition coefficient (Wildman–Crippen LogP) is 2.80. The first-order valence-electron chi connectivity index (χ1n) is 8.79. The molecule has 2 N–H and O–H groups in total. The van der Waals surface area contributed by atoms with E-state index in [0.29, 0.717) is 6.54 Å². The van der Waals surface area contributed by atoms with E-state index in [1.807, 2.05) is 25.1 Å².